The predicted octanol–water partition coefficient (Wildman–Crippen LogP) is 3.21. The molecule has 1 N–H and O–H groups in total. The molecule has 28 heavy (non-hydrogen) atoms. The summed E-state index contributed by atoms with van der Waals surface area (Å²) in [5.41, 5.74) is 0.582. The molecule has 0 aliphatic carbocycles. The summed E-state index contributed by atoms with van der Waals surface area (Å²) in [6, 6.07) is 5.67. The summed E-state index contributed by atoms with van der Waals surface area (Å²) in [5.74, 6) is 2.16. The number of carbonyl (C=O) groups is 1. The molecular formula is C22H36N2O4. The third-order valence-electron chi connectivity index (χ3n) is 4.80. The Hall–Kier alpha value is -1.79. The molecule has 1 aromatic rings. The van der Waals surface area contributed by atoms with Crippen molar-refractivity contribution in [2.75, 3.05) is 46.6 Å². The van der Waals surface area contributed by atoms with Crippen LogP contribution in [0.1, 0.15) is 44.5 Å². The smallest absolute Gasteiger partial charge is 0.251 e. The molecule has 0 aromatic heterocycles. The highest BCUT2D eigenvalue weighted by Gasteiger charge is 2.23. The van der Waals surface area contributed by atoms with Crippen molar-refractivity contribution in [3.05, 3.63) is 23.8 Å². The van der Waals surface area contributed by atoms with Crippen molar-refractivity contribution >= 4 is 5.91 Å². The van der Waals surface area contributed by atoms with Crippen LogP contribution in [0.15, 0.2) is 18.2 Å². The first-order valence-corrected chi connectivity index (χ1v) is 10.3. The maximum atomic E-state index is 12.7. The standard InChI is InChI=1S/C22H36N2O4/c1-16(2)12-19(24-8-10-27-11-9-24)14-23-22(25)18-6-7-20(21(13-18)26-5)28-15-17(3)4/h6-7,13,16-17,19H,8-12,14-15H2,1-5H3,(H,23,25). The zero-order valence-corrected chi connectivity index (χ0v) is 18.0. The topological polar surface area (TPSA) is 60.0 Å². The minimum atomic E-state index is -0.0873. The van der Waals surface area contributed by atoms with E-state index in [-0.39, 0.29) is 5.91 Å². The van der Waals surface area contributed by atoms with Crippen molar-refractivity contribution in [2.45, 2.75) is 40.2 Å². The fourth-order valence-electron chi connectivity index (χ4n) is 3.35. The van der Waals surface area contributed by atoms with Crippen LogP contribution in [0, 0.1) is 11.8 Å². The number of morpholine rings is 1. The van der Waals surface area contributed by atoms with Gasteiger partial charge in [-0.1, -0.05) is 27.7 Å². The number of hydrogen-bond acceptors (Lipinski definition) is 5. The van der Waals surface area contributed by atoms with Crippen LogP contribution in [0.5, 0.6) is 11.5 Å². The van der Waals surface area contributed by atoms with Crippen molar-refractivity contribution in [3.8, 4) is 11.5 Å². The zero-order chi connectivity index (χ0) is 20.5. The number of methoxy groups -OCH3 is 1. The Morgan fingerprint density at radius 3 is 2.46 bits per heavy atom. The molecule has 1 atom stereocenters. The fourth-order valence-corrected chi connectivity index (χ4v) is 3.35. The van der Waals surface area contributed by atoms with Crippen molar-refractivity contribution < 1.29 is 19.0 Å². The van der Waals surface area contributed by atoms with E-state index in [1.54, 1.807) is 19.2 Å². The van der Waals surface area contributed by atoms with Crippen LogP contribution in [-0.2, 0) is 4.74 Å². The van der Waals surface area contributed by atoms with E-state index in [0.29, 0.717) is 48.1 Å². The lowest BCUT2D eigenvalue weighted by Crippen LogP contribution is -2.49. The SMILES string of the molecule is COc1cc(C(=O)NCC(CC(C)C)N2CCOCC2)ccc1OCC(C)C. The Morgan fingerprint density at radius 1 is 1.14 bits per heavy atom. The monoisotopic (exact) mass is 392 g/mol. The van der Waals surface area contributed by atoms with E-state index in [1.165, 1.54) is 0 Å². The van der Waals surface area contributed by atoms with Gasteiger partial charge in [-0.15, -0.1) is 0 Å². The average molecular weight is 393 g/mol. The second-order valence-corrected chi connectivity index (χ2v) is 8.21. The van der Waals surface area contributed by atoms with Gasteiger partial charge in [0.25, 0.3) is 5.91 Å². The highest BCUT2D eigenvalue weighted by atomic mass is 16.5. The van der Waals surface area contributed by atoms with Crippen LogP contribution in [0.2, 0.25) is 0 Å². The van der Waals surface area contributed by atoms with Crippen LogP contribution >= 0.6 is 0 Å². The van der Waals surface area contributed by atoms with Gasteiger partial charge in [0.2, 0.25) is 0 Å². The lowest BCUT2D eigenvalue weighted by molar-refractivity contribution is 0.0124. The second kappa shape index (κ2) is 11.3. The van der Waals surface area contributed by atoms with E-state index < -0.39 is 0 Å². The minimum Gasteiger partial charge on any atom is -0.493 e. The number of ether oxygens (including phenoxy) is 3. The first kappa shape index (κ1) is 22.5. The van der Waals surface area contributed by atoms with Gasteiger partial charge in [0.15, 0.2) is 11.5 Å². The Bertz CT molecular complexity index is 613. The average Bonchev–Trinajstić information content (AvgIpc) is 2.69. The van der Waals surface area contributed by atoms with Crippen LogP contribution in [0.3, 0.4) is 0 Å². The maximum absolute atomic E-state index is 12.7. The van der Waals surface area contributed by atoms with Gasteiger partial charge in [-0.25, -0.2) is 0 Å². The van der Waals surface area contributed by atoms with Crippen molar-refractivity contribution in [3.63, 3.8) is 0 Å². The summed E-state index contributed by atoms with van der Waals surface area (Å²) >= 11 is 0. The van der Waals surface area contributed by atoms with Gasteiger partial charge in [-0.2, -0.15) is 0 Å². The molecule has 0 spiro atoms. The molecule has 1 fully saturated rings. The van der Waals surface area contributed by atoms with Gasteiger partial charge in [-0.05, 0) is 36.5 Å². The van der Waals surface area contributed by atoms with Gasteiger partial charge in [0, 0.05) is 31.2 Å². The Balaban J connectivity index is 1.99. The molecule has 1 heterocycles. The Kier molecular flexibility index (Phi) is 9.06. The number of nitrogens with one attached hydrogen (secondary N) is 1. The van der Waals surface area contributed by atoms with E-state index in [2.05, 4.69) is 37.9 Å². The molecule has 1 amide bonds. The first-order chi connectivity index (χ1) is 13.4. The molecule has 0 saturated carbocycles. The number of hydrogen-bond donors (Lipinski definition) is 1. The van der Waals surface area contributed by atoms with Crippen molar-refractivity contribution in [1.82, 2.24) is 10.2 Å². The second-order valence-electron chi connectivity index (χ2n) is 8.21. The van der Waals surface area contributed by atoms with E-state index >= 15 is 0 Å². The summed E-state index contributed by atoms with van der Waals surface area (Å²) in [6.07, 6.45) is 1.05. The van der Waals surface area contributed by atoms with Crippen molar-refractivity contribution in [1.29, 1.82) is 0 Å². The number of carbonyl (C=O) groups excluding carboxylic acids is 1. The van der Waals surface area contributed by atoms with Crippen LogP contribution in [0.4, 0.5) is 0 Å². The minimum absolute atomic E-state index is 0.0873. The molecule has 1 saturated heterocycles. The molecule has 2 rings (SSSR count). The number of amides is 1. The predicted molar refractivity (Wildman–Crippen MR) is 111 cm³/mol. The molecule has 0 radical (unpaired) electrons. The highest BCUT2D eigenvalue weighted by Crippen LogP contribution is 2.28. The van der Waals surface area contributed by atoms with Crippen LogP contribution < -0.4 is 14.8 Å². The first-order valence-electron chi connectivity index (χ1n) is 10.3. The third kappa shape index (κ3) is 6.99. The van der Waals surface area contributed by atoms with Crippen molar-refractivity contribution in [2.24, 2.45) is 11.8 Å². The Labute approximate surface area is 169 Å². The zero-order valence-electron chi connectivity index (χ0n) is 18.0. The highest BCUT2D eigenvalue weighted by molar-refractivity contribution is 5.94. The van der Waals surface area contributed by atoms with Gasteiger partial charge >= 0.3 is 0 Å². The number of nitrogens with zero attached hydrogens (tertiary/aromatic N) is 1. The molecular weight excluding hydrogens is 356 g/mol. The van der Waals surface area contributed by atoms with E-state index in [1.807, 2.05) is 6.07 Å². The summed E-state index contributed by atoms with van der Waals surface area (Å²) < 4.78 is 16.7. The van der Waals surface area contributed by atoms with Gasteiger partial charge in [0.05, 0.1) is 26.9 Å². The lowest BCUT2D eigenvalue weighted by atomic mass is 10.0. The van der Waals surface area contributed by atoms with E-state index in [0.717, 1.165) is 32.7 Å². The quantitative estimate of drug-likeness (QED) is 0.663. The normalized spacial score (nSPS) is 16.2. The molecule has 1 unspecified atom stereocenters. The summed E-state index contributed by atoms with van der Waals surface area (Å²) in [5, 5.41) is 3.10. The van der Waals surface area contributed by atoms with E-state index in [9.17, 15) is 4.79 Å². The summed E-state index contributed by atoms with van der Waals surface area (Å²) in [6.45, 7) is 13.2. The largest absolute Gasteiger partial charge is 0.493 e. The number of rotatable bonds is 10. The summed E-state index contributed by atoms with van der Waals surface area (Å²) in [4.78, 5) is 15.1. The van der Waals surface area contributed by atoms with Crippen LogP contribution in [0.25, 0.3) is 0 Å². The number of benzene rings is 1. The molecule has 1 aliphatic heterocycles. The molecule has 0 bridgehead atoms. The fraction of sp³-hybridized carbons (Fsp3) is 0.682. The van der Waals surface area contributed by atoms with Crippen LogP contribution in [-0.4, -0.2) is 63.4 Å². The van der Waals surface area contributed by atoms with Gasteiger partial charge in [0.1, 0.15) is 0 Å². The molecule has 6 heteroatoms. The third-order valence-corrected chi connectivity index (χ3v) is 4.80. The molecule has 6 nitrogen and oxygen atoms in total. The van der Waals surface area contributed by atoms with Gasteiger partial charge < -0.3 is 19.5 Å². The summed E-state index contributed by atoms with van der Waals surface area (Å²) in [7, 11) is 1.59. The maximum Gasteiger partial charge on any atom is 0.251 e. The van der Waals surface area contributed by atoms with E-state index in [4.69, 9.17) is 14.2 Å². The molecule has 158 valence electrons. The molecule has 1 aliphatic rings. The Morgan fingerprint density at radius 2 is 1.86 bits per heavy atom. The molecule has 1 aromatic carbocycles. The van der Waals surface area contributed by atoms with Gasteiger partial charge in [-0.3, -0.25) is 9.69 Å². The lowest BCUT2D eigenvalue weighted by Gasteiger charge is -2.35.